The third kappa shape index (κ3) is 7.38. The topological polar surface area (TPSA) is 86.4 Å². The molecule has 0 fully saturated rings. The van der Waals surface area contributed by atoms with Gasteiger partial charge in [-0.3, -0.25) is 4.68 Å². The molecule has 0 saturated heterocycles. The first-order valence-corrected chi connectivity index (χ1v) is 11.9. The molecule has 0 radical (unpaired) electrons. The number of carbonyl (C=O) groups excluding carboxylic acids is 1. The second kappa shape index (κ2) is 12.3. The van der Waals surface area contributed by atoms with Crippen molar-refractivity contribution in [3.8, 4) is 6.07 Å². The summed E-state index contributed by atoms with van der Waals surface area (Å²) in [5.74, 6) is 0.305. The average molecular weight is 468 g/mol. The van der Waals surface area contributed by atoms with Crippen molar-refractivity contribution in [2.75, 3.05) is 6.61 Å². The number of hydrogen-bond acceptors (Lipinski definition) is 6. The van der Waals surface area contributed by atoms with Crippen molar-refractivity contribution in [1.29, 1.82) is 5.26 Å². The number of aromatic nitrogens is 2. The minimum absolute atomic E-state index is 0.00777. The average Bonchev–Trinajstić information content (AvgIpc) is 3.16. The summed E-state index contributed by atoms with van der Waals surface area (Å²) in [5.41, 5.74) is 3.63. The van der Waals surface area contributed by atoms with Gasteiger partial charge in [0.05, 0.1) is 12.3 Å². The fourth-order valence-electron chi connectivity index (χ4n) is 3.47. The zero-order valence-electron chi connectivity index (χ0n) is 21.5. The molecular formula is C27H37N3O4. The molecule has 0 amide bonds. The SMILES string of the molecule is CCCCCOC(=O)OC(C)O/C(=C(/C#N)c1ccc(C(C)(C)C)cc1)c1cc(C)nn1CC. The Morgan fingerprint density at radius 1 is 1.15 bits per heavy atom. The lowest BCUT2D eigenvalue weighted by atomic mass is 9.86. The Labute approximate surface area is 203 Å². The Kier molecular flexibility index (Phi) is 9.73. The van der Waals surface area contributed by atoms with Gasteiger partial charge in [-0.1, -0.05) is 64.8 Å². The summed E-state index contributed by atoms with van der Waals surface area (Å²) >= 11 is 0. The second-order valence-electron chi connectivity index (χ2n) is 9.24. The number of nitriles is 1. The number of benzene rings is 1. The van der Waals surface area contributed by atoms with Crippen molar-refractivity contribution in [1.82, 2.24) is 9.78 Å². The van der Waals surface area contributed by atoms with Gasteiger partial charge in [0.2, 0.25) is 6.29 Å². The molecule has 7 heteroatoms. The summed E-state index contributed by atoms with van der Waals surface area (Å²) in [4.78, 5) is 12.1. The first-order chi connectivity index (χ1) is 16.1. The number of hydrogen-bond donors (Lipinski definition) is 0. The molecule has 1 unspecified atom stereocenters. The zero-order chi connectivity index (χ0) is 25.3. The van der Waals surface area contributed by atoms with Gasteiger partial charge >= 0.3 is 6.16 Å². The summed E-state index contributed by atoms with van der Waals surface area (Å²) in [6, 6.07) is 12.0. The van der Waals surface area contributed by atoms with Crippen molar-refractivity contribution >= 4 is 17.5 Å². The third-order valence-electron chi connectivity index (χ3n) is 5.33. The summed E-state index contributed by atoms with van der Waals surface area (Å²) < 4.78 is 18.3. The first kappa shape index (κ1) is 27.0. The molecule has 0 aliphatic heterocycles. The lowest BCUT2D eigenvalue weighted by Crippen LogP contribution is -2.20. The van der Waals surface area contributed by atoms with Crippen molar-refractivity contribution in [3.63, 3.8) is 0 Å². The van der Waals surface area contributed by atoms with Gasteiger partial charge in [-0.15, -0.1) is 0 Å². The maximum absolute atomic E-state index is 12.1. The van der Waals surface area contributed by atoms with Crippen molar-refractivity contribution < 1.29 is 19.0 Å². The molecule has 7 nitrogen and oxygen atoms in total. The van der Waals surface area contributed by atoms with Gasteiger partial charge in [-0.05, 0) is 42.9 Å². The monoisotopic (exact) mass is 467 g/mol. The number of ether oxygens (including phenoxy) is 3. The quantitative estimate of drug-likeness (QED) is 0.128. The van der Waals surface area contributed by atoms with E-state index in [1.165, 1.54) is 0 Å². The fraction of sp³-hybridized carbons (Fsp3) is 0.519. The van der Waals surface area contributed by atoms with Crippen LogP contribution >= 0.6 is 0 Å². The number of rotatable bonds is 10. The van der Waals surface area contributed by atoms with E-state index >= 15 is 0 Å². The lowest BCUT2D eigenvalue weighted by Gasteiger charge is -2.21. The lowest BCUT2D eigenvalue weighted by molar-refractivity contribution is -0.0673. The van der Waals surface area contributed by atoms with Crippen LogP contribution in [0.25, 0.3) is 11.3 Å². The molecule has 1 aromatic carbocycles. The highest BCUT2D eigenvalue weighted by Gasteiger charge is 2.23. The van der Waals surface area contributed by atoms with Crippen molar-refractivity contribution in [2.24, 2.45) is 0 Å². The van der Waals surface area contributed by atoms with Gasteiger partial charge in [-0.25, -0.2) is 4.79 Å². The second-order valence-corrected chi connectivity index (χ2v) is 9.24. The van der Waals surface area contributed by atoms with Gasteiger partial charge in [-0.2, -0.15) is 10.4 Å². The Morgan fingerprint density at radius 3 is 2.38 bits per heavy atom. The van der Waals surface area contributed by atoms with Crippen LogP contribution in [0.5, 0.6) is 0 Å². The maximum atomic E-state index is 12.1. The van der Waals surface area contributed by atoms with E-state index in [0.29, 0.717) is 35.7 Å². The maximum Gasteiger partial charge on any atom is 0.511 e. The highest BCUT2D eigenvalue weighted by molar-refractivity contribution is 5.94. The van der Waals surface area contributed by atoms with E-state index in [9.17, 15) is 10.1 Å². The van der Waals surface area contributed by atoms with Gasteiger partial charge < -0.3 is 14.2 Å². The van der Waals surface area contributed by atoms with E-state index in [-0.39, 0.29) is 5.41 Å². The number of unbranched alkanes of at least 4 members (excludes halogenated alkanes) is 2. The molecule has 0 spiro atoms. The molecule has 0 saturated carbocycles. The van der Waals surface area contributed by atoms with Crippen LogP contribution in [0.3, 0.4) is 0 Å². The summed E-state index contributed by atoms with van der Waals surface area (Å²) in [5, 5.41) is 14.6. The van der Waals surface area contributed by atoms with E-state index in [1.54, 1.807) is 11.6 Å². The number of aryl methyl sites for hydroxylation is 2. The van der Waals surface area contributed by atoms with Crippen molar-refractivity contribution in [2.45, 2.75) is 86.0 Å². The molecule has 1 atom stereocenters. The Morgan fingerprint density at radius 2 is 1.82 bits per heavy atom. The van der Waals surface area contributed by atoms with Crippen LogP contribution in [0.2, 0.25) is 0 Å². The summed E-state index contributed by atoms with van der Waals surface area (Å²) in [6.45, 7) is 14.8. The van der Waals surface area contributed by atoms with Crippen LogP contribution in [-0.2, 0) is 26.2 Å². The van der Waals surface area contributed by atoms with E-state index < -0.39 is 12.4 Å². The predicted molar refractivity (Wildman–Crippen MR) is 133 cm³/mol. The molecule has 0 aliphatic carbocycles. The number of carbonyl (C=O) groups is 1. The van der Waals surface area contributed by atoms with Crippen LogP contribution in [0.4, 0.5) is 4.79 Å². The predicted octanol–water partition coefficient (Wildman–Crippen LogP) is 6.61. The van der Waals surface area contributed by atoms with Crippen molar-refractivity contribution in [3.05, 3.63) is 52.8 Å². The van der Waals surface area contributed by atoms with Gasteiger partial charge in [0.25, 0.3) is 0 Å². The van der Waals surface area contributed by atoms with Crippen LogP contribution < -0.4 is 0 Å². The normalized spacial score (nSPS) is 13.0. The highest BCUT2D eigenvalue weighted by atomic mass is 16.8. The van der Waals surface area contributed by atoms with Gasteiger partial charge in [0.1, 0.15) is 17.3 Å². The zero-order valence-corrected chi connectivity index (χ0v) is 21.5. The number of nitrogens with zero attached hydrogens (tertiary/aromatic N) is 3. The summed E-state index contributed by atoms with van der Waals surface area (Å²) in [6.07, 6.45) is 1.03. The minimum atomic E-state index is -0.966. The first-order valence-electron chi connectivity index (χ1n) is 11.9. The van der Waals surface area contributed by atoms with E-state index in [0.717, 1.165) is 30.5 Å². The third-order valence-corrected chi connectivity index (χ3v) is 5.33. The molecule has 1 aromatic heterocycles. The largest absolute Gasteiger partial charge is 0.511 e. The van der Waals surface area contributed by atoms with Crippen LogP contribution in [0.15, 0.2) is 30.3 Å². The molecule has 0 bridgehead atoms. The van der Waals surface area contributed by atoms with E-state index in [1.807, 2.05) is 44.2 Å². The van der Waals surface area contributed by atoms with Crippen LogP contribution in [0.1, 0.15) is 83.3 Å². The van der Waals surface area contributed by atoms with Gasteiger partial charge in [0.15, 0.2) is 5.76 Å². The minimum Gasteiger partial charge on any atom is -0.451 e. The molecule has 0 N–H and O–H groups in total. The molecule has 0 aliphatic rings. The molecule has 184 valence electrons. The molecule has 2 rings (SSSR count). The molecule has 1 heterocycles. The molecule has 34 heavy (non-hydrogen) atoms. The standard InChI is InChI=1S/C27H37N3O4/c1-8-10-11-16-32-26(31)34-20(4)33-25(24-17-19(3)29-30(24)9-2)23(18-28)21-12-14-22(15-13-21)27(5,6)7/h12-15,17,20H,8-11,16H2,1-7H3/b25-23-. The summed E-state index contributed by atoms with van der Waals surface area (Å²) in [7, 11) is 0. The fourth-order valence-corrected chi connectivity index (χ4v) is 3.47. The Balaban J connectivity index is 2.40. The van der Waals surface area contributed by atoms with Gasteiger partial charge in [0, 0.05) is 13.5 Å². The molecule has 2 aromatic rings. The smallest absolute Gasteiger partial charge is 0.451 e. The number of allylic oxidation sites excluding steroid dienone is 1. The van der Waals surface area contributed by atoms with E-state index in [2.05, 4.69) is 38.9 Å². The van der Waals surface area contributed by atoms with Crippen LogP contribution in [-0.4, -0.2) is 28.8 Å². The molecular weight excluding hydrogens is 430 g/mol. The van der Waals surface area contributed by atoms with E-state index in [4.69, 9.17) is 14.2 Å². The Bertz CT molecular complexity index is 1020. The van der Waals surface area contributed by atoms with Crippen LogP contribution in [0, 0.1) is 18.3 Å². The Hall–Kier alpha value is -3.27. The highest BCUT2D eigenvalue weighted by Crippen LogP contribution is 2.31.